The van der Waals surface area contributed by atoms with E-state index in [0.717, 1.165) is 63.0 Å². The number of hydrogen-bond acceptors (Lipinski definition) is 5. The summed E-state index contributed by atoms with van der Waals surface area (Å²) >= 11 is 0. The van der Waals surface area contributed by atoms with Gasteiger partial charge >= 0.3 is 5.97 Å². The van der Waals surface area contributed by atoms with Gasteiger partial charge in [0.05, 0.1) is 11.1 Å². The summed E-state index contributed by atoms with van der Waals surface area (Å²) in [5, 5.41) is 0. The van der Waals surface area contributed by atoms with Gasteiger partial charge in [-0.2, -0.15) is 0 Å². The summed E-state index contributed by atoms with van der Waals surface area (Å²) in [5.74, 6) is 4.54. The third kappa shape index (κ3) is 4.85. The molecule has 0 bridgehead atoms. The number of hydrogen-bond donors (Lipinski definition) is 0. The van der Waals surface area contributed by atoms with Crippen LogP contribution in [0.4, 0.5) is 5.82 Å². The van der Waals surface area contributed by atoms with Gasteiger partial charge in [-0.05, 0) is 124 Å². The van der Waals surface area contributed by atoms with Gasteiger partial charge in [0.25, 0.3) is 0 Å². The molecule has 5 aliphatic carbocycles. The molecule has 2 aromatic rings. The Balaban J connectivity index is 1.29. The summed E-state index contributed by atoms with van der Waals surface area (Å²) in [6.07, 6.45) is 11.4. The summed E-state index contributed by atoms with van der Waals surface area (Å²) in [6, 6.07) is 10.2. The molecule has 1 aromatic carbocycles. The standard InChI is InChI=1S/C44H63N3O2/c1-11-47(12-2)38-32-26-41(8)34(40(6,7)37(32)45-30(5)46-38)21-22-43(10)35(41)19-18-33-36-29(4)28(3)20-23-44(36,25-24-42(33,43)9)39(48)49-27-31-16-14-13-15-17-31/h13-18,28-29,34-36H,11-12,19-27H2,1-10H3/t28-,29-,34+,35-,36-,41+,42+,43-,44-/m0/s1. The zero-order valence-corrected chi connectivity index (χ0v) is 32.3. The number of allylic oxidation sites excluding steroid dienone is 2. The smallest absolute Gasteiger partial charge is 0.313 e. The molecule has 5 heteroatoms. The quantitative estimate of drug-likeness (QED) is 0.227. The molecule has 1 heterocycles. The number of aromatic nitrogens is 2. The van der Waals surface area contributed by atoms with Crippen LogP contribution in [0.15, 0.2) is 42.0 Å². The van der Waals surface area contributed by atoms with E-state index in [-0.39, 0.29) is 33.5 Å². The average molecular weight is 666 g/mol. The van der Waals surface area contributed by atoms with Crippen LogP contribution in [0.2, 0.25) is 0 Å². The number of carbonyl (C=O) groups excluding carboxylic acids is 1. The Bertz CT molecular complexity index is 1630. The van der Waals surface area contributed by atoms with Crippen molar-refractivity contribution in [2.45, 2.75) is 133 Å². The van der Waals surface area contributed by atoms with Crippen molar-refractivity contribution in [1.82, 2.24) is 9.97 Å². The van der Waals surface area contributed by atoms with Crippen LogP contribution in [0.3, 0.4) is 0 Å². The lowest BCUT2D eigenvalue weighted by molar-refractivity contribution is -0.184. The molecule has 49 heavy (non-hydrogen) atoms. The minimum atomic E-state index is -0.421. The van der Waals surface area contributed by atoms with E-state index in [1.54, 1.807) is 5.57 Å². The molecule has 0 amide bonds. The summed E-state index contributed by atoms with van der Waals surface area (Å²) in [7, 11) is 0. The Hall–Kier alpha value is -2.69. The molecular weight excluding hydrogens is 603 g/mol. The van der Waals surface area contributed by atoms with Crippen LogP contribution in [0.25, 0.3) is 0 Å². The minimum absolute atomic E-state index is 0.0261. The largest absolute Gasteiger partial charge is 0.460 e. The molecule has 1 aromatic heterocycles. The highest BCUT2D eigenvalue weighted by molar-refractivity contribution is 5.79. The predicted molar refractivity (Wildman–Crippen MR) is 199 cm³/mol. The molecule has 5 aliphatic rings. The van der Waals surface area contributed by atoms with Crippen LogP contribution in [0.1, 0.15) is 130 Å². The molecular formula is C44H63N3O2. The molecule has 3 saturated carbocycles. The Kier molecular flexibility index (Phi) is 8.47. The summed E-state index contributed by atoms with van der Waals surface area (Å²) in [4.78, 5) is 27.3. The number of fused-ring (bicyclic) bond motifs is 8. The minimum Gasteiger partial charge on any atom is -0.460 e. The first-order valence-electron chi connectivity index (χ1n) is 19.7. The lowest BCUT2D eigenvalue weighted by Crippen LogP contribution is -2.65. The Morgan fingerprint density at radius 1 is 0.918 bits per heavy atom. The number of nitrogens with zero attached hydrogens (tertiary/aromatic N) is 3. The number of carbonyl (C=O) groups is 1. The fourth-order valence-corrected chi connectivity index (χ4v) is 13.1. The van der Waals surface area contributed by atoms with Crippen LogP contribution >= 0.6 is 0 Å². The average Bonchev–Trinajstić information content (AvgIpc) is 3.07. The van der Waals surface area contributed by atoms with E-state index >= 15 is 0 Å². The second-order valence-corrected chi connectivity index (χ2v) is 18.4. The van der Waals surface area contributed by atoms with Gasteiger partial charge in [0.15, 0.2) is 0 Å². The lowest BCUT2D eigenvalue weighted by Gasteiger charge is -2.71. The maximum absolute atomic E-state index is 14.4. The van der Waals surface area contributed by atoms with Crippen LogP contribution in [-0.2, 0) is 28.0 Å². The predicted octanol–water partition coefficient (Wildman–Crippen LogP) is 10.0. The van der Waals surface area contributed by atoms with Crippen molar-refractivity contribution in [3.05, 3.63) is 64.6 Å². The van der Waals surface area contributed by atoms with Crippen molar-refractivity contribution >= 4 is 11.8 Å². The maximum Gasteiger partial charge on any atom is 0.313 e. The van der Waals surface area contributed by atoms with Crippen LogP contribution in [-0.4, -0.2) is 29.0 Å². The first-order valence-corrected chi connectivity index (χ1v) is 19.7. The van der Waals surface area contributed by atoms with Crippen LogP contribution in [0.5, 0.6) is 0 Å². The summed E-state index contributed by atoms with van der Waals surface area (Å²) < 4.78 is 6.27. The first kappa shape index (κ1) is 34.7. The highest BCUT2D eigenvalue weighted by Gasteiger charge is 2.69. The summed E-state index contributed by atoms with van der Waals surface area (Å²) in [6.45, 7) is 26.7. The van der Waals surface area contributed by atoms with E-state index in [1.165, 1.54) is 29.9 Å². The second-order valence-electron chi connectivity index (χ2n) is 18.4. The molecule has 9 atom stereocenters. The molecule has 0 spiro atoms. The Morgan fingerprint density at radius 2 is 1.63 bits per heavy atom. The molecule has 0 aliphatic heterocycles. The fourth-order valence-electron chi connectivity index (χ4n) is 13.1. The van der Waals surface area contributed by atoms with E-state index < -0.39 is 5.41 Å². The zero-order chi connectivity index (χ0) is 35.1. The van der Waals surface area contributed by atoms with Crippen LogP contribution < -0.4 is 4.90 Å². The highest BCUT2D eigenvalue weighted by atomic mass is 16.5. The number of benzene rings is 1. The SMILES string of the molecule is CCN(CC)c1nc(C)nc2c1C[C@]1(C)[C@H](CC[C@@]3(C)[C@H]1CC=C1[C@@H]4[C@@H](C)[C@@H](C)CC[C@]4(C(=O)OCc4ccccc4)CC[C@]13C)C2(C)C. The van der Waals surface area contributed by atoms with Gasteiger partial charge in [0.2, 0.25) is 0 Å². The van der Waals surface area contributed by atoms with Crippen molar-refractivity contribution in [1.29, 1.82) is 0 Å². The molecule has 3 fully saturated rings. The van der Waals surface area contributed by atoms with Gasteiger partial charge in [-0.3, -0.25) is 4.79 Å². The Labute approximate surface area is 297 Å². The first-order chi connectivity index (χ1) is 23.2. The van der Waals surface area contributed by atoms with Gasteiger partial charge in [-0.25, -0.2) is 9.97 Å². The van der Waals surface area contributed by atoms with Gasteiger partial charge < -0.3 is 9.64 Å². The fraction of sp³-hybridized carbons (Fsp3) is 0.705. The third-order valence-corrected chi connectivity index (χ3v) is 16.1. The number of ether oxygens (including phenoxy) is 1. The van der Waals surface area contributed by atoms with E-state index in [2.05, 4.69) is 92.3 Å². The highest BCUT2D eigenvalue weighted by Crippen LogP contribution is 2.75. The van der Waals surface area contributed by atoms with Crippen LogP contribution in [0, 0.1) is 58.2 Å². The monoisotopic (exact) mass is 665 g/mol. The molecule has 5 nitrogen and oxygen atoms in total. The zero-order valence-electron chi connectivity index (χ0n) is 32.3. The summed E-state index contributed by atoms with van der Waals surface area (Å²) in [5.41, 5.74) is 5.26. The van der Waals surface area contributed by atoms with Gasteiger partial charge in [0, 0.05) is 24.1 Å². The topological polar surface area (TPSA) is 55.3 Å². The molecule has 7 rings (SSSR count). The maximum atomic E-state index is 14.4. The molecule has 0 unspecified atom stereocenters. The lowest BCUT2D eigenvalue weighted by atomic mass is 9.33. The number of anilines is 1. The molecule has 0 N–H and O–H groups in total. The van der Waals surface area contributed by atoms with Crippen molar-refractivity contribution in [2.75, 3.05) is 18.0 Å². The van der Waals surface area contributed by atoms with E-state index in [0.29, 0.717) is 30.3 Å². The van der Waals surface area contributed by atoms with E-state index in [4.69, 9.17) is 14.7 Å². The van der Waals surface area contributed by atoms with Crippen molar-refractivity contribution in [3.8, 4) is 0 Å². The second kappa shape index (κ2) is 11.9. The Morgan fingerprint density at radius 3 is 2.33 bits per heavy atom. The molecule has 266 valence electrons. The van der Waals surface area contributed by atoms with Gasteiger partial charge in [-0.1, -0.05) is 90.4 Å². The third-order valence-electron chi connectivity index (χ3n) is 16.1. The molecule has 0 radical (unpaired) electrons. The number of esters is 1. The van der Waals surface area contributed by atoms with E-state index in [1.807, 2.05) is 18.2 Å². The van der Waals surface area contributed by atoms with Gasteiger partial charge in [0.1, 0.15) is 18.2 Å². The van der Waals surface area contributed by atoms with Crippen molar-refractivity contribution in [3.63, 3.8) is 0 Å². The molecule has 0 saturated heterocycles. The normalized spacial score (nSPS) is 38.9. The van der Waals surface area contributed by atoms with Gasteiger partial charge in [-0.15, -0.1) is 0 Å². The number of aryl methyl sites for hydroxylation is 1. The van der Waals surface area contributed by atoms with E-state index in [9.17, 15) is 4.79 Å². The number of rotatable bonds is 6. The van der Waals surface area contributed by atoms with Crippen molar-refractivity contribution < 1.29 is 9.53 Å². The van der Waals surface area contributed by atoms with Crippen molar-refractivity contribution in [2.24, 2.45) is 51.2 Å².